The molecule has 0 fully saturated rings. The Hall–Kier alpha value is -1.66. The number of aromatic nitrogens is 1. The first kappa shape index (κ1) is 14.7. The van der Waals surface area contributed by atoms with E-state index in [1.54, 1.807) is 12.5 Å². The van der Waals surface area contributed by atoms with Crippen LogP contribution in [-0.2, 0) is 9.47 Å². The molecule has 0 amide bonds. The van der Waals surface area contributed by atoms with Gasteiger partial charge in [-0.25, -0.2) is 9.78 Å². The van der Waals surface area contributed by atoms with Gasteiger partial charge >= 0.3 is 5.97 Å². The molecule has 108 valence electrons. The first-order valence-electron chi connectivity index (χ1n) is 6.32. The second-order valence-electron chi connectivity index (χ2n) is 4.42. The van der Waals surface area contributed by atoms with Crippen molar-refractivity contribution in [2.45, 2.75) is 26.4 Å². The Balaban J connectivity index is 1.93. The van der Waals surface area contributed by atoms with Crippen LogP contribution in [0.25, 0.3) is 10.8 Å². The van der Waals surface area contributed by atoms with Gasteiger partial charge in [0.25, 0.3) is 0 Å². The summed E-state index contributed by atoms with van der Waals surface area (Å²) >= 11 is 1.36. The van der Waals surface area contributed by atoms with Crippen molar-refractivity contribution < 1.29 is 18.7 Å². The van der Waals surface area contributed by atoms with Crippen LogP contribution in [0.4, 0.5) is 0 Å². The lowest BCUT2D eigenvalue weighted by atomic mass is 10.3. The number of aryl methyl sites for hydroxylation is 1. The van der Waals surface area contributed by atoms with Gasteiger partial charge in [-0.15, -0.1) is 11.3 Å². The lowest BCUT2D eigenvalue weighted by Crippen LogP contribution is -2.13. The largest absolute Gasteiger partial charge is 0.461 e. The van der Waals surface area contributed by atoms with Crippen LogP contribution in [0, 0.1) is 6.92 Å². The van der Waals surface area contributed by atoms with Crippen molar-refractivity contribution in [3.8, 4) is 10.8 Å². The van der Waals surface area contributed by atoms with Gasteiger partial charge in [0.15, 0.2) is 16.5 Å². The predicted octanol–water partition coefficient (Wildman–Crippen LogP) is 3.29. The summed E-state index contributed by atoms with van der Waals surface area (Å²) in [5, 5.41) is 2.35. The fourth-order valence-electron chi connectivity index (χ4n) is 1.54. The molecular weight excluding hydrogens is 278 g/mol. The second kappa shape index (κ2) is 6.67. The highest BCUT2D eigenvalue weighted by Gasteiger charge is 2.15. The van der Waals surface area contributed by atoms with E-state index in [9.17, 15) is 4.79 Å². The fraction of sp³-hybridized carbons (Fsp3) is 0.429. The van der Waals surface area contributed by atoms with Gasteiger partial charge in [0, 0.05) is 18.9 Å². The summed E-state index contributed by atoms with van der Waals surface area (Å²) in [5.74, 6) is 1.06. The summed E-state index contributed by atoms with van der Waals surface area (Å²) in [4.78, 5) is 16.0. The van der Waals surface area contributed by atoms with E-state index in [2.05, 4.69) is 4.98 Å². The van der Waals surface area contributed by atoms with Gasteiger partial charge in [0.2, 0.25) is 0 Å². The first-order valence-corrected chi connectivity index (χ1v) is 7.20. The molecule has 0 N–H and O–H groups in total. The van der Waals surface area contributed by atoms with Crippen molar-refractivity contribution in [1.82, 2.24) is 4.98 Å². The van der Waals surface area contributed by atoms with E-state index < -0.39 is 5.97 Å². The number of hydrogen-bond acceptors (Lipinski definition) is 6. The molecule has 5 nitrogen and oxygen atoms in total. The van der Waals surface area contributed by atoms with Crippen molar-refractivity contribution in [3.05, 3.63) is 29.0 Å². The van der Waals surface area contributed by atoms with Crippen LogP contribution >= 0.6 is 11.3 Å². The molecule has 0 spiro atoms. The van der Waals surface area contributed by atoms with E-state index >= 15 is 0 Å². The maximum atomic E-state index is 11.8. The molecule has 0 aliphatic heterocycles. The molecule has 1 atom stereocenters. The Labute approximate surface area is 121 Å². The summed E-state index contributed by atoms with van der Waals surface area (Å²) in [6.45, 7) is 4.11. The zero-order valence-electron chi connectivity index (χ0n) is 11.7. The SMILES string of the molecule is CO[C@H](C)CCOC(=O)c1csc(-c2ccc(C)o2)n1. The monoisotopic (exact) mass is 295 g/mol. The molecule has 2 rings (SSSR count). The van der Waals surface area contributed by atoms with Crippen LogP contribution in [0.3, 0.4) is 0 Å². The fourth-order valence-corrected chi connectivity index (χ4v) is 2.29. The molecule has 0 aromatic carbocycles. The molecule has 2 heterocycles. The molecule has 0 aliphatic rings. The quantitative estimate of drug-likeness (QED) is 0.765. The molecule has 6 heteroatoms. The number of methoxy groups -OCH3 is 1. The normalized spacial score (nSPS) is 12.3. The van der Waals surface area contributed by atoms with Crippen LogP contribution in [0.1, 0.15) is 29.6 Å². The zero-order chi connectivity index (χ0) is 14.5. The topological polar surface area (TPSA) is 61.6 Å². The lowest BCUT2D eigenvalue weighted by Gasteiger charge is -2.08. The van der Waals surface area contributed by atoms with Gasteiger partial charge < -0.3 is 13.9 Å². The summed E-state index contributed by atoms with van der Waals surface area (Å²) in [6.07, 6.45) is 0.733. The minimum atomic E-state index is -0.418. The summed E-state index contributed by atoms with van der Waals surface area (Å²) in [5.41, 5.74) is 0.309. The molecule has 0 radical (unpaired) electrons. The smallest absolute Gasteiger partial charge is 0.357 e. The molecular formula is C14H17NO4S. The highest BCUT2D eigenvalue weighted by Crippen LogP contribution is 2.25. The van der Waals surface area contributed by atoms with Crippen LogP contribution in [0.5, 0.6) is 0 Å². The highest BCUT2D eigenvalue weighted by atomic mass is 32.1. The highest BCUT2D eigenvalue weighted by molar-refractivity contribution is 7.13. The lowest BCUT2D eigenvalue weighted by molar-refractivity contribution is 0.0386. The van der Waals surface area contributed by atoms with Crippen molar-refractivity contribution in [3.63, 3.8) is 0 Å². The van der Waals surface area contributed by atoms with E-state index in [1.165, 1.54) is 11.3 Å². The maximum Gasteiger partial charge on any atom is 0.357 e. The van der Waals surface area contributed by atoms with Crippen LogP contribution < -0.4 is 0 Å². The maximum absolute atomic E-state index is 11.8. The van der Waals surface area contributed by atoms with Crippen LogP contribution in [-0.4, -0.2) is 30.8 Å². The van der Waals surface area contributed by atoms with E-state index in [1.807, 2.05) is 26.0 Å². The van der Waals surface area contributed by atoms with Gasteiger partial charge in [0.1, 0.15) is 5.76 Å². The molecule has 0 aliphatic carbocycles. The Kier molecular flexibility index (Phi) is 4.92. The number of furan rings is 1. The van der Waals surface area contributed by atoms with E-state index in [4.69, 9.17) is 13.9 Å². The third kappa shape index (κ3) is 3.68. The Morgan fingerprint density at radius 3 is 2.95 bits per heavy atom. The minimum absolute atomic E-state index is 0.0693. The van der Waals surface area contributed by atoms with Crippen molar-refractivity contribution in [1.29, 1.82) is 0 Å². The Morgan fingerprint density at radius 1 is 1.50 bits per heavy atom. The third-order valence-corrected chi connectivity index (χ3v) is 3.68. The number of nitrogens with zero attached hydrogens (tertiary/aromatic N) is 1. The van der Waals surface area contributed by atoms with Gasteiger partial charge in [-0.3, -0.25) is 0 Å². The molecule has 0 saturated carbocycles. The Morgan fingerprint density at radius 2 is 2.30 bits per heavy atom. The predicted molar refractivity (Wildman–Crippen MR) is 75.9 cm³/mol. The number of hydrogen-bond donors (Lipinski definition) is 0. The average Bonchev–Trinajstić information content (AvgIpc) is 3.06. The second-order valence-corrected chi connectivity index (χ2v) is 5.28. The van der Waals surface area contributed by atoms with Gasteiger partial charge in [0.05, 0.1) is 12.7 Å². The molecule has 0 unspecified atom stereocenters. The van der Waals surface area contributed by atoms with Gasteiger partial charge in [-0.05, 0) is 26.0 Å². The van der Waals surface area contributed by atoms with Gasteiger partial charge in [-0.2, -0.15) is 0 Å². The summed E-state index contributed by atoms with van der Waals surface area (Å²) < 4.78 is 15.7. The molecule has 2 aromatic heterocycles. The number of esters is 1. The van der Waals surface area contributed by atoms with Crippen molar-refractivity contribution in [2.75, 3.05) is 13.7 Å². The molecule has 20 heavy (non-hydrogen) atoms. The molecule has 0 bridgehead atoms. The number of thiazole rings is 1. The number of carbonyl (C=O) groups excluding carboxylic acids is 1. The standard InChI is InChI=1S/C14H17NO4S/c1-9(17-3)6-7-18-14(16)11-8-20-13(15-11)12-5-4-10(2)19-12/h4-5,8-9H,6-7H2,1-3H3/t9-/m1/s1. The number of ether oxygens (including phenoxy) is 2. The third-order valence-electron chi connectivity index (χ3n) is 2.82. The van der Waals surface area contributed by atoms with Crippen molar-refractivity contribution in [2.24, 2.45) is 0 Å². The summed E-state index contributed by atoms with van der Waals surface area (Å²) in [7, 11) is 1.63. The van der Waals surface area contributed by atoms with Crippen LogP contribution in [0.2, 0.25) is 0 Å². The summed E-state index contributed by atoms with van der Waals surface area (Å²) in [6, 6.07) is 3.70. The minimum Gasteiger partial charge on any atom is -0.461 e. The zero-order valence-corrected chi connectivity index (χ0v) is 12.5. The van der Waals surface area contributed by atoms with E-state index in [0.717, 1.165) is 5.76 Å². The number of rotatable bonds is 6. The molecule has 0 saturated heterocycles. The van der Waals surface area contributed by atoms with E-state index in [-0.39, 0.29) is 6.10 Å². The Bertz CT molecular complexity index is 575. The van der Waals surface area contributed by atoms with E-state index in [0.29, 0.717) is 29.5 Å². The number of carbonyl (C=O) groups is 1. The van der Waals surface area contributed by atoms with Crippen LogP contribution in [0.15, 0.2) is 21.9 Å². The molecule has 2 aromatic rings. The first-order chi connectivity index (χ1) is 9.60. The average molecular weight is 295 g/mol. The van der Waals surface area contributed by atoms with Crippen molar-refractivity contribution >= 4 is 17.3 Å². The van der Waals surface area contributed by atoms with Gasteiger partial charge in [-0.1, -0.05) is 0 Å².